The first kappa shape index (κ1) is 11.7. The molecule has 0 aromatic carbocycles. The van der Waals surface area contributed by atoms with Gasteiger partial charge in [0, 0.05) is 14.1 Å². The lowest BCUT2D eigenvalue weighted by atomic mass is 10.3. The summed E-state index contributed by atoms with van der Waals surface area (Å²) < 4.78 is 1.72. The molecule has 1 atom stereocenters. The molecule has 0 aliphatic carbocycles. The van der Waals surface area contributed by atoms with Gasteiger partial charge in [-0.15, -0.1) is 0 Å². The van der Waals surface area contributed by atoms with E-state index in [-0.39, 0.29) is 11.9 Å². The number of amides is 3. The maximum absolute atomic E-state index is 12.1. The fourth-order valence-electron chi connectivity index (χ4n) is 1.96. The normalized spacial score (nSPS) is 20.1. The summed E-state index contributed by atoms with van der Waals surface area (Å²) in [7, 11) is 7.03. The zero-order chi connectivity index (χ0) is 12.7. The number of urea groups is 1. The fraction of sp³-hybridized carbons (Fsp3) is 0.500. The van der Waals surface area contributed by atoms with Crippen LogP contribution in [0.25, 0.3) is 0 Å². The van der Waals surface area contributed by atoms with Gasteiger partial charge in [-0.25, -0.2) is 14.7 Å². The number of imide groups is 1. The molecule has 1 aliphatic heterocycles. The first-order chi connectivity index (χ1) is 7.93. The van der Waals surface area contributed by atoms with Crippen molar-refractivity contribution in [3.63, 3.8) is 0 Å². The molecule has 1 N–H and O–H groups in total. The van der Waals surface area contributed by atoms with Crippen molar-refractivity contribution in [2.75, 3.05) is 27.8 Å². The van der Waals surface area contributed by atoms with Crippen molar-refractivity contribution in [3.05, 3.63) is 12.0 Å². The Hall–Kier alpha value is -1.73. The quantitative estimate of drug-likeness (QED) is 0.693. The van der Waals surface area contributed by atoms with Gasteiger partial charge in [-0.05, 0) is 14.1 Å². The van der Waals surface area contributed by atoms with E-state index in [2.05, 4.69) is 4.98 Å². The number of carbonyl (C=O) groups excluding carboxylic acids is 2. The molecule has 0 saturated carbocycles. The van der Waals surface area contributed by atoms with E-state index in [0.717, 1.165) is 4.90 Å². The average Bonchev–Trinajstić information content (AvgIpc) is 2.63. The van der Waals surface area contributed by atoms with Crippen molar-refractivity contribution in [1.29, 1.82) is 0 Å². The van der Waals surface area contributed by atoms with E-state index in [1.54, 1.807) is 17.9 Å². The van der Waals surface area contributed by atoms with Gasteiger partial charge in [0.25, 0.3) is 5.91 Å². The monoisotopic (exact) mass is 238 g/mol. The highest BCUT2D eigenvalue weighted by Crippen LogP contribution is 2.14. The number of aromatic nitrogens is 2. The molecule has 1 aromatic heterocycles. The van der Waals surface area contributed by atoms with Gasteiger partial charge < -0.3 is 0 Å². The van der Waals surface area contributed by atoms with Gasteiger partial charge >= 0.3 is 6.03 Å². The van der Waals surface area contributed by atoms with E-state index < -0.39 is 0 Å². The number of quaternary nitrogens is 1. The van der Waals surface area contributed by atoms with Crippen molar-refractivity contribution in [1.82, 2.24) is 19.4 Å². The van der Waals surface area contributed by atoms with Crippen molar-refractivity contribution >= 4 is 17.8 Å². The summed E-state index contributed by atoms with van der Waals surface area (Å²) in [5, 5.41) is 0. The first-order valence-corrected chi connectivity index (χ1v) is 5.28. The van der Waals surface area contributed by atoms with E-state index in [1.807, 2.05) is 19.0 Å². The number of nitrogens with zero attached hydrogens (tertiary/aromatic N) is 4. The minimum Gasteiger partial charge on any atom is -0.288 e. The summed E-state index contributed by atoms with van der Waals surface area (Å²) in [5.41, 5.74) is 0.353. The van der Waals surface area contributed by atoms with Gasteiger partial charge in [-0.3, -0.25) is 14.3 Å². The third-order valence-corrected chi connectivity index (χ3v) is 2.77. The molecule has 1 aromatic rings. The van der Waals surface area contributed by atoms with Gasteiger partial charge in [-0.1, -0.05) is 0 Å². The number of imidazole rings is 1. The van der Waals surface area contributed by atoms with E-state index in [9.17, 15) is 9.59 Å². The van der Waals surface area contributed by atoms with Crippen LogP contribution in [0.1, 0.15) is 10.5 Å². The number of hydrogen-bond donors (Lipinski definition) is 1. The molecule has 3 amide bonds. The van der Waals surface area contributed by atoms with Crippen LogP contribution in [-0.4, -0.2) is 59.1 Å². The molecule has 0 bridgehead atoms. The molecule has 2 rings (SSSR count). The Kier molecular flexibility index (Phi) is 2.72. The second kappa shape index (κ2) is 3.94. The predicted octanol–water partition coefficient (Wildman–Crippen LogP) is -1.34. The van der Waals surface area contributed by atoms with Crippen molar-refractivity contribution < 1.29 is 14.5 Å². The van der Waals surface area contributed by atoms with Gasteiger partial charge in [0.2, 0.25) is 11.5 Å². The Morgan fingerprint density at radius 3 is 2.59 bits per heavy atom. The van der Waals surface area contributed by atoms with E-state index in [1.165, 1.54) is 7.05 Å². The summed E-state index contributed by atoms with van der Waals surface area (Å²) in [6.45, 7) is 0.489. The second-order valence-electron chi connectivity index (χ2n) is 4.44. The lowest BCUT2D eigenvalue weighted by molar-refractivity contribution is -0.764. The van der Waals surface area contributed by atoms with Crippen LogP contribution in [0.3, 0.4) is 0 Å². The summed E-state index contributed by atoms with van der Waals surface area (Å²) in [6, 6.07) is -0.250. The third kappa shape index (κ3) is 1.73. The Bertz CT molecular complexity index is 479. The highest BCUT2D eigenvalue weighted by Gasteiger charge is 2.43. The maximum Gasteiger partial charge on any atom is 0.431 e. The van der Waals surface area contributed by atoms with Gasteiger partial charge in [0.1, 0.15) is 6.67 Å². The average molecular weight is 238 g/mol. The number of carbonyl (C=O) groups is 2. The fourth-order valence-corrected chi connectivity index (χ4v) is 1.96. The Morgan fingerprint density at radius 2 is 2.00 bits per heavy atom. The molecule has 0 radical (unpaired) electrons. The van der Waals surface area contributed by atoms with E-state index in [0.29, 0.717) is 23.1 Å². The lowest BCUT2D eigenvalue weighted by Crippen LogP contribution is -3.14. The van der Waals surface area contributed by atoms with E-state index in [4.69, 9.17) is 0 Å². The molecule has 7 nitrogen and oxygen atoms in total. The molecule has 1 aliphatic rings. The lowest BCUT2D eigenvalue weighted by Gasteiger charge is -2.27. The molecular formula is C10H16N5O2+. The van der Waals surface area contributed by atoms with Crippen LogP contribution in [0.4, 0.5) is 10.6 Å². The summed E-state index contributed by atoms with van der Waals surface area (Å²) >= 11 is 0. The van der Waals surface area contributed by atoms with Gasteiger partial charge in [0.05, 0.1) is 6.33 Å². The zero-order valence-corrected chi connectivity index (χ0v) is 10.4. The second-order valence-corrected chi connectivity index (χ2v) is 4.44. The predicted molar refractivity (Wildman–Crippen MR) is 59.9 cm³/mol. The summed E-state index contributed by atoms with van der Waals surface area (Å²) in [4.78, 5) is 31.6. The molecule has 92 valence electrons. The highest BCUT2D eigenvalue weighted by molar-refractivity contribution is 6.05. The molecular weight excluding hydrogens is 222 g/mol. The Balaban J connectivity index is 2.51. The molecule has 0 spiro atoms. The zero-order valence-electron chi connectivity index (χ0n) is 10.4. The highest BCUT2D eigenvalue weighted by atomic mass is 16.2. The first-order valence-electron chi connectivity index (χ1n) is 5.28. The summed E-state index contributed by atoms with van der Waals surface area (Å²) in [6.07, 6.45) is 1.56. The third-order valence-electron chi connectivity index (χ3n) is 2.77. The van der Waals surface area contributed by atoms with Gasteiger partial charge in [0.15, 0.2) is 0 Å². The molecule has 17 heavy (non-hydrogen) atoms. The van der Waals surface area contributed by atoms with Crippen LogP contribution in [0.2, 0.25) is 0 Å². The summed E-state index contributed by atoms with van der Waals surface area (Å²) in [5.74, 6) is 0.292. The van der Waals surface area contributed by atoms with Crippen LogP contribution in [0, 0.1) is 0 Å². The molecule has 0 fully saturated rings. The number of nitrogens with one attached hydrogen (secondary N) is 1. The van der Waals surface area contributed by atoms with Crippen molar-refractivity contribution in [2.24, 2.45) is 7.05 Å². The van der Waals surface area contributed by atoms with Gasteiger partial charge in [-0.2, -0.15) is 4.90 Å². The molecule has 2 heterocycles. The van der Waals surface area contributed by atoms with Crippen molar-refractivity contribution in [3.8, 4) is 0 Å². The van der Waals surface area contributed by atoms with Crippen LogP contribution in [0.5, 0.6) is 0 Å². The van der Waals surface area contributed by atoms with E-state index >= 15 is 0 Å². The number of hydrogen-bond acceptors (Lipinski definition) is 4. The molecule has 7 heteroatoms. The molecule has 1 unspecified atom stereocenters. The molecule has 0 saturated heterocycles. The van der Waals surface area contributed by atoms with Crippen LogP contribution >= 0.6 is 0 Å². The van der Waals surface area contributed by atoms with Crippen LogP contribution in [-0.2, 0) is 7.05 Å². The number of rotatable bonds is 2. The standard InChI is InChI=1S/C10H15N5O2/c1-12(2)6-15-8-7(11-5-13(8)3)9(16)14(4)10(15)17/h5H,6H2,1-4H3/p+1. The van der Waals surface area contributed by atoms with Crippen LogP contribution in [0.15, 0.2) is 6.33 Å². The topological polar surface area (TPSA) is 62.9 Å². The smallest absolute Gasteiger partial charge is 0.288 e. The largest absolute Gasteiger partial charge is 0.431 e. The number of aryl methyl sites for hydroxylation is 1. The Morgan fingerprint density at radius 1 is 1.35 bits per heavy atom. The Labute approximate surface area is 99.2 Å². The maximum atomic E-state index is 12.1. The van der Waals surface area contributed by atoms with Crippen LogP contribution < -0.4 is 4.90 Å². The minimum atomic E-state index is -0.340. The number of fused-ring (bicyclic) bond motifs is 1. The minimum absolute atomic E-state index is 0.250. The SMILES string of the molecule is CN(C)C[NH+]1C(=O)N(C)C(=O)c2ncn(C)c21. The van der Waals surface area contributed by atoms with Crippen molar-refractivity contribution in [2.45, 2.75) is 0 Å².